The first kappa shape index (κ1) is 16.7. The second-order valence-corrected chi connectivity index (χ2v) is 4.82. The first-order chi connectivity index (χ1) is 9.60. The number of anilines is 1. The number of nitrogens with one attached hydrogen (secondary N) is 2. The summed E-state index contributed by atoms with van der Waals surface area (Å²) in [5, 5.41) is 6.58. The van der Waals surface area contributed by atoms with Crippen LogP contribution >= 0.6 is 11.6 Å². The number of hydrogen-bond acceptors (Lipinski definition) is 4. The number of pyridine rings is 1. The molecule has 0 unspecified atom stereocenters. The summed E-state index contributed by atoms with van der Waals surface area (Å²) in [7, 11) is 0. The lowest BCUT2D eigenvalue weighted by atomic mass is 10.3. The molecule has 0 aliphatic carbocycles. The van der Waals surface area contributed by atoms with Crippen molar-refractivity contribution in [3.05, 3.63) is 22.8 Å². The van der Waals surface area contributed by atoms with Gasteiger partial charge < -0.3 is 10.6 Å². The van der Waals surface area contributed by atoms with E-state index in [1.54, 1.807) is 0 Å². The van der Waals surface area contributed by atoms with E-state index in [4.69, 9.17) is 11.6 Å². The third kappa shape index (κ3) is 5.35. The summed E-state index contributed by atoms with van der Waals surface area (Å²) in [6.45, 7) is 9.08. The number of halogens is 1. The highest BCUT2D eigenvalue weighted by Crippen LogP contribution is 2.18. The zero-order valence-electron chi connectivity index (χ0n) is 12.4. The average molecular weight is 299 g/mol. The third-order valence-electron chi connectivity index (χ3n) is 2.84. The molecule has 5 nitrogen and oxygen atoms in total. The predicted octanol–water partition coefficient (Wildman–Crippen LogP) is 2.12. The maximum atomic E-state index is 11.6. The van der Waals surface area contributed by atoms with Gasteiger partial charge in [-0.3, -0.25) is 9.69 Å². The molecular formula is C14H23ClN4O. The number of aromatic nitrogens is 1. The summed E-state index contributed by atoms with van der Waals surface area (Å²) in [5.41, 5.74) is 0.788. The van der Waals surface area contributed by atoms with Crippen molar-refractivity contribution in [3.8, 4) is 0 Å². The van der Waals surface area contributed by atoms with Gasteiger partial charge >= 0.3 is 0 Å². The largest absolute Gasteiger partial charge is 0.370 e. The molecule has 0 aliphatic rings. The second-order valence-electron chi connectivity index (χ2n) is 4.41. The Labute approximate surface area is 125 Å². The number of nitrogens with zero attached hydrogens (tertiary/aromatic N) is 2. The van der Waals surface area contributed by atoms with E-state index < -0.39 is 0 Å². The maximum Gasteiger partial charge on any atom is 0.234 e. The van der Waals surface area contributed by atoms with Gasteiger partial charge in [-0.2, -0.15) is 0 Å². The van der Waals surface area contributed by atoms with Gasteiger partial charge in [-0.1, -0.05) is 18.5 Å². The van der Waals surface area contributed by atoms with Gasteiger partial charge in [0.25, 0.3) is 0 Å². The molecule has 6 heteroatoms. The van der Waals surface area contributed by atoms with E-state index >= 15 is 0 Å². The van der Waals surface area contributed by atoms with Gasteiger partial charge in [-0.25, -0.2) is 4.98 Å². The molecule has 1 aromatic heterocycles. The molecule has 0 saturated heterocycles. The van der Waals surface area contributed by atoms with Gasteiger partial charge in [0, 0.05) is 19.6 Å². The van der Waals surface area contributed by atoms with E-state index in [0.717, 1.165) is 24.6 Å². The highest BCUT2D eigenvalue weighted by atomic mass is 35.5. The Hall–Kier alpha value is -1.33. The zero-order valence-corrected chi connectivity index (χ0v) is 13.1. The summed E-state index contributed by atoms with van der Waals surface area (Å²) in [6.07, 6.45) is 0. The molecule has 0 aromatic carbocycles. The fourth-order valence-electron chi connectivity index (χ4n) is 1.82. The summed E-state index contributed by atoms with van der Waals surface area (Å²) >= 11 is 6.18. The highest BCUT2D eigenvalue weighted by Gasteiger charge is 2.12. The predicted molar refractivity (Wildman–Crippen MR) is 83.0 cm³/mol. The Morgan fingerprint density at radius 2 is 2.05 bits per heavy atom. The number of likely N-dealkylation sites (N-methyl/N-ethyl adjacent to an activating group) is 2. The molecule has 0 atom stereocenters. The average Bonchev–Trinajstić information content (AvgIpc) is 2.42. The molecule has 1 rings (SSSR count). The Morgan fingerprint density at radius 3 is 2.65 bits per heavy atom. The molecule has 0 radical (unpaired) electrons. The fourth-order valence-corrected chi connectivity index (χ4v) is 1.99. The van der Waals surface area contributed by atoms with E-state index in [2.05, 4.69) is 15.6 Å². The number of hydrogen-bond donors (Lipinski definition) is 2. The lowest BCUT2D eigenvalue weighted by Gasteiger charge is -2.20. The van der Waals surface area contributed by atoms with Crippen LogP contribution in [0.5, 0.6) is 0 Å². The van der Waals surface area contributed by atoms with Crippen LogP contribution in [0.15, 0.2) is 12.1 Å². The van der Waals surface area contributed by atoms with Gasteiger partial charge in [0.15, 0.2) is 0 Å². The smallest absolute Gasteiger partial charge is 0.234 e. The van der Waals surface area contributed by atoms with Crippen LogP contribution in [-0.4, -0.2) is 42.0 Å². The quantitative estimate of drug-likeness (QED) is 0.772. The van der Waals surface area contributed by atoms with Gasteiger partial charge in [-0.15, -0.1) is 0 Å². The second kappa shape index (κ2) is 8.76. The number of rotatable bonds is 8. The van der Waals surface area contributed by atoms with E-state index in [1.165, 1.54) is 0 Å². The molecule has 0 bridgehead atoms. The lowest BCUT2D eigenvalue weighted by molar-refractivity contribution is -0.122. The molecule has 0 spiro atoms. The number of amides is 1. The van der Waals surface area contributed by atoms with Crippen molar-refractivity contribution >= 4 is 23.3 Å². The Balaban J connectivity index is 2.73. The molecule has 2 N–H and O–H groups in total. The molecule has 112 valence electrons. The monoisotopic (exact) mass is 298 g/mol. The van der Waals surface area contributed by atoms with Gasteiger partial charge in [0.2, 0.25) is 5.91 Å². The van der Waals surface area contributed by atoms with Crippen LogP contribution in [0.4, 0.5) is 5.82 Å². The van der Waals surface area contributed by atoms with Gasteiger partial charge in [-0.05, 0) is 32.5 Å². The fraction of sp³-hybridized carbons (Fsp3) is 0.571. The van der Waals surface area contributed by atoms with Crippen LogP contribution in [-0.2, 0) is 11.3 Å². The van der Waals surface area contributed by atoms with Crippen LogP contribution in [0.3, 0.4) is 0 Å². The molecular weight excluding hydrogens is 276 g/mol. The Morgan fingerprint density at radius 1 is 1.30 bits per heavy atom. The van der Waals surface area contributed by atoms with Crippen LogP contribution in [0.25, 0.3) is 0 Å². The Bertz CT molecular complexity index is 439. The SMILES string of the molecule is CCNC(=O)CN(CC)Cc1nc(NCC)ccc1Cl. The molecule has 0 aliphatic heterocycles. The van der Waals surface area contributed by atoms with Crippen molar-refractivity contribution in [2.45, 2.75) is 27.3 Å². The normalized spacial score (nSPS) is 10.7. The van der Waals surface area contributed by atoms with E-state index in [1.807, 2.05) is 37.8 Å². The molecule has 1 heterocycles. The van der Waals surface area contributed by atoms with Crippen molar-refractivity contribution in [3.63, 3.8) is 0 Å². The minimum atomic E-state index is 0.0216. The van der Waals surface area contributed by atoms with Crippen molar-refractivity contribution < 1.29 is 4.79 Å². The van der Waals surface area contributed by atoms with E-state index in [-0.39, 0.29) is 5.91 Å². The summed E-state index contributed by atoms with van der Waals surface area (Å²) in [6, 6.07) is 3.69. The van der Waals surface area contributed by atoms with Crippen LogP contribution in [0, 0.1) is 0 Å². The highest BCUT2D eigenvalue weighted by molar-refractivity contribution is 6.31. The van der Waals surface area contributed by atoms with E-state index in [0.29, 0.717) is 24.7 Å². The van der Waals surface area contributed by atoms with Crippen molar-refractivity contribution in [2.24, 2.45) is 0 Å². The molecule has 20 heavy (non-hydrogen) atoms. The maximum absolute atomic E-state index is 11.6. The third-order valence-corrected chi connectivity index (χ3v) is 3.18. The Kier molecular flexibility index (Phi) is 7.33. The van der Waals surface area contributed by atoms with Crippen molar-refractivity contribution in [2.75, 3.05) is 31.5 Å². The van der Waals surface area contributed by atoms with E-state index in [9.17, 15) is 4.79 Å². The number of carbonyl (C=O) groups is 1. The summed E-state index contributed by atoms with van der Waals surface area (Å²) in [4.78, 5) is 18.1. The first-order valence-electron chi connectivity index (χ1n) is 6.99. The molecule has 1 aromatic rings. The first-order valence-corrected chi connectivity index (χ1v) is 7.36. The van der Waals surface area contributed by atoms with Gasteiger partial charge in [0.05, 0.1) is 17.3 Å². The van der Waals surface area contributed by atoms with Crippen LogP contribution < -0.4 is 10.6 Å². The standard InChI is InChI=1S/C14H23ClN4O/c1-4-16-13-8-7-11(15)12(18-13)9-19(6-3)10-14(20)17-5-2/h7-8H,4-6,9-10H2,1-3H3,(H,16,18)(H,17,20). The van der Waals surface area contributed by atoms with Gasteiger partial charge in [0.1, 0.15) is 5.82 Å². The molecule has 0 saturated carbocycles. The molecule has 1 amide bonds. The minimum absolute atomic E-state index is 0.0216. The lowest BCUT2D eigenvalue weighted by Crippen LogP contribution is -2.36. The van der Waals surface area contributed by atoms with Crippen LogP contribution in [0.2, 0.25) is 5.02 Å². The van der Waals surface area contributed by atoms with Crippen LogP contribution in [0.1, 0.15) is 26.5 Å². The topological polar surface area (TPSA) is 57.3 Å². The number of carbonyl (C=O) groups excluding carboxylic acids is 1. The summed E-state index contributed by atoms with van der Waals surface area (Å²) < 4.78 is 0. The van der Waals surface area contributed by atoms with Crippen molar-refractivity contribution in [1.29, 1.82) is 0 Å². The minimum Gasteiger partial charge on any atom is -0.370 e. The zero-order chi connectivity index (χ0) is 15.0. The van der Waals surface area contributed by atoms with Crippen molar-refractivity contribution in [1.82, 2.24) is 15.2 Å². The molecule has 0 fully saturated rings. The summed E-state index contributed by atoms with van der Waals surface area (Å²) in [5.74, 6) is 0.828.